The number of piperidine rings is 1. The minimum Gasteiger partial charge on any atom is -0.461 e. The molecule has 3 fully saturated rings. The molecule has 3 heterocycles. The predicted octanol–water partition coefficient (Wildman–Crippen LogP) is 5.49. The molecule has 1 saturated carbocycles. The second-order valence-corrected chi connectivity index (χ2v) is 10.8. The number of nitrogens with one attached hydrogen (secondary N) is 1. The van der Waals surface area contributed by atoms with Gasteiger partial charge in [-0.15, -0.1) is 0 Å². The number of nitrogens with zero attached hydrogens (tertiary/aromatic N) is 1. The highest BCUT2D eigenvalue weighted by molar-refractivity contribution is 5.82. The lowest BCUT2D eigenvalue weighted by molar-refractivity contribution is -0.129. The standard InChI is InChI=1S/C28H39FN2O3/c1-19-18-23(30-28(32)22-9-15-33-16-10-22)3-2-20(19)6-12-31-13-7-21(8-14-31)24-4-5-26(29)27-25(24)11-17-34-27/h4-5,11,17,19-23H,2-3,6-10,12-16,18H2,1H3,(H,30,32). The normalized spacial score (nSPS) is 27.8. The molecule has 1 aromatic carbocycles. The maximum atomic E-state index is 14.0. The number of carbonyl (C=O) groups is 1. The molecule has 1 aromatic heterocycles. The Morgan fingerprint density at radius 2 is 1.88 bits per heavy atom. The highest BCUT2D eigenvalue weighted by Gasteiger charge is 2.31. The van der Waals surface area contributed by atoms with E-state index in [0.717, 1.165) is 82.7 Å². The highest BCUT2D eigenvalue weighted by Crippen LogP contribution is 2.36. The Balaban J connectivity index is 1.05. The Bertz CT molecular complexity index is 962. The van der Waals surface area contributed by atoms with Gasteiger partial charge in [0.15, 0.2) is 11.4 Å². The van der Waals surface area contributed by atoms with Gasteiger partial charge in [-0.25, -0.2) is 4.39 Å². The van der Waals surface area contributed by atoms with Gasteiger partial charge in [-0.05, 0) is 106 Å². The van der Waals surface area contributed by atoms with Crippen molar-refractivity contribution in [2.45, 2.75) is 70.3 Å². The molecule has 5 rings (SSSR count). The molecule has 34 heavy (non-hydrogen) atoms. The van der Waals surface area contributed by atoms with Crippen molar-refractivity contribution >= 4 is 16.9 Å². The Labute approximate surface area is 202 Å². The number of halogens is 1. The fourth-order valence-electron chi connectivity index (χ4n) is 6.52. The Morgan fingerprint density at radius 1 is 1.09 bits per heavy atom. The first-order chi connectivity index (χ1) is 16.6. The third-order valence-electron chi connectivity index (χ3n) is 8.73. The zero-order chi connectivity index (χ0) is 23.5. The Kier molecular flexibility index (Phi) is 7.55. The van der Waals surface area contributed by atoms with E-state index in [1.165, 1.54) is 18.4 Å². The van der Waals surface area contributed by atoms with E-state index in [1.54, 1.807) is 12.3 Å². The predicted molar refractivity (Wildman–Crippen MR) is 131 cm³/mol. The number of carbonyl (C=O) groups excluding carboxylic acids is 1. The van der Waals surface area contributed by atoms with Gasteiger partial charge in [-0.1, -0.05) is 13.0 Å². The van der Waals surface area contributed by atoms with E-state index in [0.29, 0.717) is 23.5 Å². The van der Waals surface area contributed by atoms with Crippen LogP contribution in [0.1, 0.15) is 69.8 Å². The van der Waals surface area contributed by atoms with Crippen molar-refractivity contribution in [3.63, 3.8) is 0 Å². The molecule has 1 N–H and O–H groups in total. The highest BCUT2D eigenvalue weighted by atomic mass is 19.1. The van der Waals surface area contributed by atoms with Crippen LogP contribution in [0.5, 0.6) is 0 Å². The number of amides is 1. The first-order valence-corrected chi connectivity index (χ1v) is 13.3. The fourth-order valence-corrected chi connectivity index (χ4v) is 6.52. The van der Waals surface area contributed by atoms with Crippen molar-refractivity contribution < 1.29 is 18.3 Å². The van der Waals surface area contributed by atoms with Gasteiger partial charge >= 0.3 is 0 Å². The second-order valence-electron chi connectivity index (χ2n) is 10.8. The molecule has 2 aromatic rings. The van der Waals surface area contributed by atoms with Gasteiger partial charge in [0, 0.05) is 30.6 Å². The first kappa shape index (κ1) is 23.8. The van der Waals surface area contributed by atoms with E-state index in [4.69, 9.17) is 9.15 Å². The molecule has 6 heteroatoms. The van der Waals surface area contributed by atoms with Crippen LogP contribution in [0.3, 0.4) is 0 Å². The van der Waals surface area contributed by atoms with Crippen molar-refractivity contribution in [3.05, 3.63) is 35.8 Å². The van der Waals surface area contributed by atoms with Gasteiger partial charge in [-0.3, -0.25) is 4.79 Å². The van der Waals surface area contributed by atoms with E-state index < -0.39 is 0 Å². The second kappa shape index (κ2) is 10.8. The third kappa shape index (κ3) is 5.33. The number of hydrogen-bond donors (Lipinski definition) is 1. The van der Waals surface area contributed by atoms with E-state index in [-0.39, 0.29) is 17.6 Å². The molecule has 0 bridgehead atoms. The summed E-state index contributed by atoms with van der Waals surface area (Å²) in [7, 11) is 0. The van der Waals surface area contributed by atoms with Gasteiger partial charge in [0.05, 0.1) is 6.26 Å². The lowest BCUT2D eigenvalue weighted by Gasteiger charge is -2.38. The van der Waals surface area contributed by atoms with Crippen LogP contribution >= 0.6 is 0 Å². The van der Waals surface area contributed by atoms with Crippen LogP contribution in [0.25, 0.3) is 11.0 Å². The topological polar surface area (TPSA) is 54.7 Å². The summed E-state index contributed by atoms with van der Waals surface area (Å²) >= 11 is 0. The Morgan fingerprint density at radius 3 is 2.65 bits per heavy atom. The zero-order valence-corrected chi connectivity index (χ0v) is 20.4. The van der Waals surface area contributed by atoms with Crippen molar-refractivity contribution in [1.29, 1.82) is 0 Å². The summed E-state index contributed by atoms with van der Waals surface area (Å²) < 4.78 is 24.7. The summed E-state index contributed by atoms with van der Waals surface area (Å²) in [5.41, 5.74) is 1.63. The fraction of sp³-hybridized carbons (Fsp3) is 0.679. The van der Waals surface area contributed by atoms with E-state index in [2.05, 4.69) is 17.1 Å². The van der Waals surface area contributed by atoms with E-state index in [9.17, 15) is 9.18 Å². The average Bonchev–Trinajstić information content (AvgIpc) is 3.36. The van der Waals surface area contributed by atoms with Gasteiger partial charge in [-0.2, -0.15) is 0 Å². The van der Waals surface area contributed by atoms with Gasteiger partial charge < -0.3 is 19.4 Å². The number of likely N-dealkylation sites (tertiary alicyclic amines) is 1. The average molecular weight is 471 g/mol. The molecule has 3 aliphatic rings. The van der Waals surface area contributed by atoms with Crippen LogP contribution in [0.4, 0.5) is 4.39 Å². The summed E-state index contributed by atoms with van der Waals surface area (Å²) in [6.07, 6.45) is 10.2. The number of ether oxygens (including phenoxy) is 1. The third-order valence-corrected chi connectivity index (χ3v) is 8.73. The summed E-state index contributed by atoms with van der Waals surface area (Å²) in [6, 6.07) is 5.75. The smallest absolute Gasteiger partial charge is 0.223 e. The molecule has 3 atom stereocenters. The van der Waals surface area contributed by atoms with Crippen LogP contribution < -0.4 is 5.32 Å². The molecular weight excluding hydrogens is 431 g/mol. The SMILES string of the molecule is CC1CC(NC(=O)C2CCOCC2)CCC1CCN1CCC(c2ccc(F)c3occc23)CC1. The van der Waals surface area contributed by atoms with Crippen molar-refractivity contribution in [3.8, 4) is 0 Å². The van der Waals surface area contributed by atoms with E-state index >= 15 is 0 Å². The van der Waals surface area contributed by atoms with Gasteiger partial charge in [0.25, 0.3) is 0 Å². The molecule has 2 saturated heterocycles. The minimum absolute atomic E-state index is 0.143. The molecule has 1 aliphatic carbocycles. The number of rotatable bonds is 6. The molecule has 0 radical (unpaired) electrons. The summed E-state index contributed by atoms with van der Waals surface area (Å²) in [6.45, 7) is 7.17. The van der Waals surface area contributed by atoms with Gasteiger partial charge in [0.2, 0.25) is 5.91 Å². The summed E-state index contributed by atoms with van der Waals surface area (Å²) in [5, 5.41) is 4.28. The molecule has 5 nitrogen and oxygen atoms in total. The maximum absolute atomic E-state index is 14.0. The van der Waals surface area contributed by atoms with Crippen molar-refractivity contribution in [1.82, 2.24) is 10.2 Å². The monoisotopic (exact) mass is 470 g/mol. The lowest BCUT2D eigenvalue weighted by Crippen LogP contribution is -2.44. The van der Waals surface area contributed by atoms with Crippen LogP contribution in [-0.4, -0.2) is 49.7 Å². The molecule has 1 amide bonds. The summed E-state index contributed by atoms with van der Waals surface area (Å²) in [5.74, 6) is 2.00. The largest absolute Gasteiger partial charge is 0.461 e. The van der Waals surface area contributed by atoms with Crippen LogP contribution in [0.2, 0.25) is 0 Å². The summed E-state index contributed by atoms with van der Waals surface area (Å²) in [4.78, 5) is 15.2. The molecule has 2 aliphatic heterocycles. The quantitative estimate of drug-likeness (QED) is 0.607. The van der Waals surface area contributed by atoms with E-state index in [1.807, 2.05) is 12.1 Å². The van der Waals surface area contributed by atoms with Crippen LogP contribution in [0.15, 0.2) is 28.9 Å². The molecule has 186 valence electrons. The van der Waals surface area contributed by atoms with Crippen molar-refractivity contribution in [2.24, 2.45) is 17.8 Å². The van der Waals surface area contributed by atoms with Gasteiger partial charge in [0.1, 0.15) is 0 Å². The first-order valence-electron chi connectivity index (χ1n) is 13.3. The molecular formula is C28H39FN2O3. The lowest BCUT2D eigenvalue weighted by atomic mass is 9.76. The molecule has 3 unspecified atom stereocenters. The van der Waals surface area contributed by atoms with Crippen LogP contribution in [-0.2, 0) is 9.53 Å². The Hall–Kier alpha value is -1.92. The number of hydrogen-bond acceptors (Lipinski definition) is 4. The maximum Gasteiger partial charge on any atom is 0.223 e. The molecule has 0 spiro atoms. The number of fused-ring (bicyclic) bond motifs is 1. The number of furan rings is 1. The van der Waals surface area contributed by atoms with Crippen LogP contribution in [0, 0.1) is 23.6 Å². The van der Waals surface area contributed by atoms with Crippen molar-refractivity contribution in [2.75, 3.05) is 32.8 Å². The minimum atomic E-state index is -0.270. The number of benzene rings is 1. The zero-order valence-electron chi connectivity index (χ0n) is 20.4.